The minimum absolute atomic E-state index is 0.0661. The van der Waals surface area contributed by atoms with Crippen LogP contribution >= 0.6 is 0 Å². The Kier molecular flexibility index (Phi) is 7.01. The van der Waals surface area contributed by atoms with Gasteiger partial charge in [-0.15, -0.1) is 0 Å². The van der Waals surface area contributed by atoms with E-state index in [1.807, 2.05) is 20.8 Å². The van der Waals surface area contributed by atoms with Crippen LogP contribution in [-0.4, -0.2) is 54.6 Å². The average molecular weight is 440 g/mol. The molecule has 1 aromatic heterocycles. The molecule has 31 heavy (non-hydrogen) atoms. The molecule has 0 bridgehead atoms. The summed E-state index contributed by atoms with van der Waals surface area (Å²) in [6.07, 6.45) is 3.54. The summed E-state index contributed by atoms with van der Waals surface area (Å²) in [6.45, 7) is 5.42. The highest BCUT2D eigenvalue weighted by Gasteiger charge is 2.45. The van der Waals surface area contributed by atoms with Gasteiger partial charge in [-0.05, 0) is 50.2 Å². The fraction of sp³-hybridized carbons (Fsp3) is 0.682. The molecule has 0 aromatic carbocycles. The van der Waals surface area contributed by atoms with E-state index in [9.17, 15) is 18.4 Å². The second-order valence-corrected chi connectivity index (χ2v) is 8.37. The predicted octanol–water partition coefficient (Wildman–Crippen LogP) is 3.57. The van der Waals surface area contributed by atoms with Crippen LogP contribution in [-0.2, 0) is 9.53 Å². The maximum absolute atomic E-state index is 13.4. The molecule has 172 valence electrons. The number of nitrogens with zero attached hydrogens (tertiary/aromatic N) is 2. The fourth-order valence-corrected chi connectivity index (χ4v) is 3.45. The number of hydrogen-bond donors (Lipinski definition) is 1. The van der Waals surface area contributed by atoms with Gasteiger partial charge >= 0.3 is 5.97 Å². The van der Waals surface area contributed by atoms with E-state index in [2.05, 4.69) is 10.3 Å². The quantitative estimate of drug-likeness (QED) is 0.531. The van der Waals surface area contributed by atoms with Crippen LogP contribution in [0.2, 0.25) is 0 Å². The molecule has 0 unspecified atom stereocenters. The number of carbonyl (C=O) groups is 2. The van der Waals surface area contributed by atoms with Gasteiger partial charge < -0.3 is 19.7 Å². The van der Waals surface area contributed by atoms with Crippen LogP contribution in [0.1, 0.15) is 63.4 Å². The zero-order chi connectivity index (χ0) is 22.6. The molecule has 1 N–H and O–H groups in total. The lowest BCUT2D eigenvalue weighted by molar-refractivity contribution is -0.151. The first-order valence-electron chi connectivity index (χ1n) is 11.0. The normalized spacial score (nSPS) is 17.6. The van der Waals surface area contributed by atoms with Gasteiger partial charge in [-0.1, -0.05) is 20.8 Å². The zero-order valence-electron chi connectivity index (χ0n) is 18.4. The summed E-state index contributed by atoms with van der Waals surface area (Å²) < 4.78 is 37.8. The summed E-state index contributed by atoms with van der Waals surface area (Å²) in [5, 5.41) is 2.78. The molecule has 1 aliphatic carbocycles. The van der Waals surface area contributed by atoms with Crippen molar-refractivity contribution in [1.82, 2.24) is 10.3 Å². The molecule has 1 amide bonds. The van der Waals surface area contributed by atoms with E-state index in [1.54, 1.807) is 6.07 Å². The zero-order valence-corrected chi connectivity index (χ0v) is 18.4. The van der Waals surface area contributed by atoms with E-state index in [-0.39, 0.29) is 18.2 Å². The van der Waals surface area contributed by atoms with Gasteiger partial charge in [0.2, 0.25) is 5.88 Å². The Hall–Kier alpha value is -2.45. The SMILES string of the molecule is CCCOC(=O)C(CC)(CC)NC(=O)c1ccc(N2CC(F)(F)C2)c(OCC2CC2)n1. The summed E-state index contributed by atoms with van der Waals surface area (Å²) in [7, 11) is 0. The van der Waals surface area contributed by atoms with Gasteiger partial charge in [0.25, 0.3) is 11.8 Å². The molecule has 0 spiro atoms. The molecule has 2 aliphatic rings. The van der Waals surface area contributed by atoms with E-state index in [0.29, 0.717) is 37.5 Å². The van der Waals surface area contributed by atoms with Gasteiger partial charge in [0.05, 0.1) is 26.3 Å². The first-order chi connectivity index (χ1) is 14.7. The Morgan fingerprint density at radius 2 is 1.90 bits per heavy atom. The van der Waals surface area contributed by atoms with Crippen LogP contribution in [0.3, 0.4) is 0 Å². The molecule has 9 heteroatoms. The number of rotatable bonds is 11. The van der Waals surface area contributed by atoms with Crippen LogP contribution in [0.5, 0.6) is 5.88 Å². The average Bonchev–Trinajstić information content (AvgIpc) is 3.56. The number of anilines is 1. The van der Waals surface area contributed by atoms with Crippen LogP contribution in [0.15, 0.2) is 12.1 Å². The Morgan fingerprint density at radius 1 is 1.23 bits per heavy atom. The Balaban J connectivity index is 1.79. The fourth-order valence-electron chi connectivity index (χ4n) is 3.45. The highest BCUT2D eigenvalue weighted by atomic mass is 19.3. The summed E-state index contributed by atoms with van der Waals surface area (Å²) in [6, 6.07) is 3.05. The van der Waals surface area contributed by atoms with Crippen LogP contribution in [0, 0.1) is 5.92 Å². The molecule has 0 atom stereocenters. The highest BCUT2D eigenvalue weighted by molar-refractivity contribution is 5.97. The third-order valence-corrected chi connectivity index (χ3v) is 5.80. The molecular formula is C22H31F2N3O4. The van der Waals surface area contributed by atoms with Crippen LogP contribution in [0.25, 0.3) is 0 Å². The third-order valence-electron chi connectivity index (χ3n) is 5.80. The molecule has 1 aliphatic heterocycles. The van der Waals surface area contributed by atoms with Crippen molar-refractivity contribution in [2.75, 3.05) is 31.2 Å². The molecule has 1 aromatic rings. The number of ether oxygens (including phenoxy) is 2. The standard InChI is InChI=1S/C22H31F2N3O4/c1-4-11-30-20(29)21(5-2,6-3)26-18(28)16-9-10-17(27-13-22(23,24)14-27)19(25-16)31-12-15-7-8-15/h9-10,15H,4-8,11-14H2,1-3H3,(H,26,28). The van der Waals surface area contributed by atoms with Gasteiger partial charge in [0.1, 0.15) is 16.9 Å². The summed E-state index contributed by atoms with van der Waals surface area (Å²) in [5.74, 6) is -3.13. The van der Waals surface area contributed by atoms with E-state index in [1.165, 1.54) is 11.0 Å². The van der Waals surface area contributed by atoms with Gasteiger partial charge in [-0.3, -0.25) is 4.79 Å². The number of pyridine rings is 1. The Morgan fingerprint density at radius 3 is 2.45 bits per heavy atom. The molecular weight excluding hydrogens is 408 g/mol. The number of carbonyl (C=O) groups excluding carboxylic acids is 2. The minimum atomic E-state index is -2.73. The lowest BCUT2D eigenvalue weighted by atomic mass is 9.92. The third kappa shape index (κ3) is 5.43. The molecule has 1 saturated heterocycles. The first kappa shape index (κ1) is 23.2. The summed E-state index contributed by atoms with van der Waals surface area (Å²) >= 11 is 0. The summed E-state index contributed by atoms with van der Waals surface area (Å²) in [5.41, 5.74) is -0.639. The highest BCUT2D eigenvalue weighted by Crippen LogP contribution is 2.38. The van der Waals surface area contributed by atoms with Crippen molar-refractivity contribution < 1.29 is 27.8 Å². The van der Waals surface area contributed by atoms with Crippen molar-refractivity contribution in [3.63, 3.8) is 0 Å². The number of aromatic nitrogens is 1. The number of halogens is 2. The maximum Gasteiger partial charge on any atom is 0.331 e. The van der Waals surface area contributed by atoms with Crippen molar-refractivity contribution in [2.45, 2.75) is 64.3 Å². The lowest BCUT2D eigenvalue weighted by Crippen LogP contribution is -2.56. The molecule has 7 nitrogen and oxygen atoms in total. The maximum atomic E-state index is 13.4. The molecule has 2 heterocycles. The van der Waals surface area contributed by atoms with Crippen molar-refractivity contribution in [3.8, 4) is 5.88 Å². The lowest BCUT2D eigenvalue weighted by Gasteiger charge is -2.40. The van der Waals surface area contributed by atoms with Crippen molar-refractivity contribution in [1.29, 1.82) is 0 Å². The van der Waals surface area contributed by atoms with E-state index < -0.39 is 36.4 Å². The smallest absolute Gasteiger partial charge is 0.331 e. The van der Waals surface area contributed by atoms with Gasteiger partial charge in [0, 0.05) is 0 Å². The molecule has 0 radical (unpaired) electrons. The predicted molar refractivity (Wildman–Crippen MR) is 112 cm³/mol. The second-order valence-electron chi connectivity index (χ2n) is 8.37. The molecule has 2 fully saturated rings. The number of amides is 1. The van der Waals surface area contributed by atoms with Gasteiger partial charge in [-0.2, -0.15) is 0 Å². The van der Waals surface area contributed by atoms with Crippen molar-refractivity contribution in [3.05, 3.63) is 17.8 Å². The van der Waals surface area contributed by atoms with Gasteiger partial charge in [-0.25, -0.2) is 18.6 Å². The topological polar surface area (TPSA) is 80.8 Å². The monoisotopic (exact) mass is 439 g/mol. The van der Waals surface area contributed by atoms with Gasteiger partial charge in [0.15, 0.2) is 0 Å². The van der Waals surface area contributed by atoms with Crippen molar-refractivity contribution in [2.24, 2.45) is 5.92 Å². The van der Waals surface area contributed by atoms with Crippen LogP contribution in [0.4, 0.5) is 14.5 Å². The van der Waals surface area contributed by atoms with E-state index in [0.717, 1.165) is 12.8 Å². The second kappa shape index (κ2) is 9.36. The van der Waals surface area contributed by atoms with Crippen LogP contribution < -0.4 is 15.0 Å². The number of nitrogens with one attached hydrogen (secondary N) is 1. The van der Waals surface area contributed by atoms with Crippen molar-refractivity contribution >= 4 is 17.6 Å². The minimum Gasteiger partial charge on any atom is -0.476 e. The molecule has 3 rings (SSSR count). The Labute approximate surface area is 181 Å². The molecule has 1 saturated carbocycles. The number of alkyl halides is 2. The van der Waals surface area contributed by atoms with E-state index >= 15 is 0 Å². The first-order valence-corrected chi connectivity index (χ1v) is 11.0. The number of hydrogen-bond acceptors (Lipinski definition) is 6. The largest absolute Gasteiger partial charge is 0.476 e. The summed E-state index contributed by atoms with van der Waals surface area (Å²) in [4.78, 5) is 31.4. The van der Waals surface area contributed by atoms with E-state index in [4.69, 9.17) is 9.47 Å². The Bertz CT molecular complexity index is 802. The number of esters is 1.